The van der Waals surface area contributed by atoms with Gasteiger partial charge in [-0.2, -0.15) is 0 Å². The maximum atomic E-state index is 6.03. The predicted octanol–water partition coefficient (Wildman–Crippen LogP) is 6.46. The molecule has 0 bridgehead atoms. The van der Waals surface area contributed by atoms with Crippen molar-refractivity contribution in [2.24, 2.45) is 9.98 Å². The average Bonchev–Trinajstić information content (AvgIpc) is 3.58. The van der Waals surface area contributed by atoms with Crippen LogP contribution in [0.15, 0.2) is 110 Å². The fourth-order valence-corrected chi connectivity index (χ4v) is 4.47. The Morgan fingerprint density at radius 1 is 0.871 bits per heavy atom. The van der Waals surface area contributed by atoms with Gasteiger partial charge < -0.3 is 13.6 Å². The van der Waals surface area contributed by atoms with E-state index in [-0.39, 0.29) is 11.3 Å². The Bertz CT molecular complexity index is 1170. The molecule has 5 rings (SSSR count). The topological polar surface area (TPSA) is 60.2 Å². The first-order valence-corrected chi connectivity index (χ1v) is 10.9. The summed E-state index contributed by atoms with van der Waals surface area (Å²) in [5.74, 6) is 2.43. The Kier molecular flexibility index (Phi) is 5.71. The van der Waals surface area contributed by atoms with Crippen molar-refractivity contribution in [1.29, 1.82) is 0 Å². The Labute approximate surface area is 184 Å². The van der Waals surface area contributed by atoms with Crippen molar-refractivity contribution in [1.82, 2.24) is 0 Å². The normalized spacial score (nSPS) is 18.4. The van der Waals surface area contributed by atoms with E-state index in [0.29, 0.717) is 11.8 Å². The summed E-state index contributed by atoms with van der Waals surface area (Å²) in [5, 5.41) is 0.665. The average molecular weight is 429 g/mol. The lowest BCUT2D eigenvalue weighted by Crippen LogP contribution is -2.00. The number of hydrogen-bond acceptors (Lipinski definition) is 6. The number of amidine groups is 1. The molecule has 0 radical (unpaired) electrons. The van der Waals surface area contributed by atoms with Crippen LogP contribution < -0.4 is 4.74 Å². The van der Waals surface area contributed by atoms with Gasteiger partial charge in [0.05, 0.1) is 12.5 Å². The number of furan rings is 2. The molecule has 0 spiro atoms. The molecule has 5 nitrogen and oxygen atoms in total. The van der Waals surface area contributed by atoms with Gasteiger partial charge in [-0.1, -0.05) is 54.2 Å². The summed E-state index contributed by atoms with van der Waals surface area (Å²) >= 11 is 1.57. The van der Waals surface area contributed by atoms with Crippen molar-refractivity contribution in [3.8, 4) is 5.75 Å². The van der Waals surface area contributed by atoms with Crippen LogP contribution >= 0.6 is 11.8 Å². The van der Waals surface area contributed by atoms with Crippen LogP contribution in [0.5, 0.6) is 5.75 Å². The fraction of sp³-hybridized carbons (Fsp3) is 0.120. The molecule has 3 heterocycles. The second-order valence-electron chi connectivity index (χ2n) is 7.00. The number of benzene rings is 2. The zero-order chi connectivity index (χ0) is 20.9. The third-order valence-corrected chi connectivity index (χ3v) is 6.06. The minimum atomic E-state index is -0.178. The van der Waals surface area contributed by atoms with Gasteiger partial charge in [-0.15, -0.1) is 0 Å². The van der Waals surface area contributed by atoms with Gasteiger partial charge in [-0.25, -0.2) is 9.98 Å². The molecule has 0 amide bonds. The van der Waals surface area contributed by atoms with Crippen molar-refractivity contribution in [2.45, 2.75) is 17.9 Å². The van der Waals surface area contributed by atoms with Crippen LogP contribution in [0.3, 0.4) is 0 Å². The summed E-state index contributed by atoms with van der Waals surface area (Å²) in [6.07, 6.45) is 5.14. The van der Waals surface area contributed by atoms with Crippen LogP contribution in [0.25, 0.3) is 0 Å². The highest BCUT2D eigenvalue weighted by Gasteiger charge is 2.36. The lowest BCUT2D eigenvalue weighted by atomic mass is 10.1. The standard InChI is InChI=1S/C25H20N2O3S/c1-2-8-18(9-3-1)17-30-20-11-5-4-10-19(20)16-26-25-27-23(21-12-6-14-28-21)24(31-25)22-13-7-15-29-22/h1-16,23-24H,17H2/t23-,24-/m0/s1. The second kappa shape index (κ2) is 9.10. The molecular weight excluding hydrogens is 408 g/mol. The van der Waals surface area contributed by atoms with Gasteiger partial charge in [0.25, 0.3) is 0 Å². The first kappa shape index (κ1) is 19.5. The zero-order valence-corrected chi connectivity index (χ0v) is 17.4. The SMILES string of the molecule is C(=NC1=N[C@@H](c2ccco2)[C@H](c2ccco2)S1)c1ccccc1OCc1ccccc1. The smallest absolute Gasteiger partial charge is 0.184 e. The second-order valence-corrected chi connectivity index (χ2v) is 8.10. The number of rotatable bonds is 6. The molecule has 0 unspecified atom stereocenters. The van der Waals surface area contributed by atoms with Gasteiger partial charge in [-0.3, -0.25) is 0 Å². The summed E-state index contributed by atoms with van der Waals surface area (Å²) < 4.78 is 17.3. The van der Waals surface area contributed by atoms with Crippen molar-refractivity contribution in [3.05, 3.63) is 114 Å². The highest BCUT2D eigenvalue weighted by Crippen LogP contribution is 2.49. The Hall–Kier alpha value is -3.51. The van der Waals surface area contributed by atoms with Gasteiger partial charge in [0.15, 0.2) is 5.17 Å². The van der Waals surface area contributed by atoms with Crippen LogP contribution in [-0.2, 0) is 6.61 Å². The van der Waals surface area contributed by atoms with Gasteiger partial charge >= 0.3 is 0 Å². The minimum absolute atomic E-state index is 0.0159. The molecule has 0 saturated heterocycles. The lowest BCUT2D eigenvalue weighted by Gasteiger charge is -2.11. The summed E-state index contributed by atoms with van der Waals surface area (Å²) in [5.41, 5.74) is 2.02. The zero-order valence-electron chi connectivity index (χ0n) is 16.6. The molecule has 4 aromatic rings. The lowest BCUT2D eigenvalue weighted by molar-refractivity contribution is 0.306. The first-order valence-electron chi connectivity index (χ1n) is 9.98. The van der Waals surface area contributed by atoms with Crippen LogP contribution in [0, 0.1) is 0 Å². The Morgan fingerprint density at radius 3 is 2.39 bits per heavy atom. The molecule has 2 aromatic carbocycles. The van der Waals surface area contributed by atoms with Crippen LogP contribution in [0.2, 0.25) is 0 Å². The van der Waals surface area contributed by atoms with Crippen LogP contribution in [-0.4, -0.2) is 11.4 Å². The number of para-hydroxylation sites is 1. The predicted molar refractivity (Wildman–Crippen MR) is 123 cm³/mol. The van der Waals surface area contributed by atoms with E-state index in [4.69, 9.17) is 18.6 Å². The quantitative estimate of drug-likeness (QED) is 0.331. The number of aliphatic imine (C=N–C) groups is 2. The summed E-state index contributed by atoms with van der Waals surface area (Å²) in [4.78, 5) is 9.45. The third-order valence-electron chi connectivity index (χ3n) is 4.90. The number of hydrogen-bond donors (Lipinski definition) is 0. The molecule has 1 aliphatic rings. The Balaban J connectivity index is 1.35. The monoisotopic (exact) mass is 428 g/mol. The van der Waals surface area contributed by atoms with E-state index in [9.17, 15) is 0 Å². The van der Waals surface area contributed by atoms with E-state index in [0.717, 1.165) is 28.4 Å². The molecule has 0 aliphatic carbocycles. The molecule has 0 N–H and O–H groups in total. The summed E-state index contributed by atoms with van der Waals surface area (Å²) in [6, 6.07) is 25.4. The number of ether oxygens (including phenoxy) is 1. The maximum absolute atomic E-state index is 6.03. The van der Waals surface area contributed by atoms with E-state index in [2.05, 4.69) is 4.99 Å². The third kappa shape index (κ3) is 4.49. The molecular formula is C25H20N2O3S. The van der Waals surface area contributed by atoms with Crippen molar-refractivity contribution >= 4 is 23.1 Å². The highest BCUT2D eigenvalue weighted by atomic mass is 32.2. The van der Waals surface area contributed by atoms with Gasteiger partial charge in [0, 0.05) is 11.8 Å². The maximum Gasteiger partial charge on any atom is 0.184 e. The molecule has 1 aliphatic heterocycles. The van der Waals surface area contributed by atoms with Crippen LogP contribution in [0.1, 0.15) is 33.9 Å². The van der Waals surface area contributed by atoms with E-state index < -0.39 is 0 Å². The number of nitrogens with zero attached hydrogens (tertiary/aromatic N) is 2. The Morgan fingerprint density at radius 2 is 1.61 bits per heavy atom. The van der Waals surface area contributed by atoms with Gasteiger partial charge in [-0.05, 0) is 42.0 Å². The molecule has 0 fully saturated rings. The molecule has 154 valence electrons. The first-order chi connectivity index (χ1) is 15.4. The van der Waals surface area contributed by atoms with E-state index in [1.165, 1.54) is 0 Å². The van der Waals surface area contributed by atoms with E-state index >= 15 is 0 Å². The number of thioether (sulfide) groups is 1. The van der Waals surface area contributed by atoms with Crippen molar-refractivity contribution in [2.75, 3.05) is 0 Å². The largest absolute Gasteiger partial charge is 0.488 e. The molecule has 2 aromatic heterocycles. The van der Waals surface area contributed by atoms with Gasteiger partial charge in [0.1, 0.15) is 35.2 Å². The molecule has 31 heavy (non-hydrogen) atoms. The van der Waals surface area contributed by atoms with E-state index in [1.807, 2.05) is 78.9 Å². The fourth-order valence-electron chi connectivity index (χ4n) is 3.38. The minimum Gasteiger partial charge on any atom is -0.488 e. The molecule has 0 saturated carbocycles. The summed E-state index contributed by atoms with van der Waals surface area (Å²) in [6.45, 7) is 0.503. The summed E-state index contributed by atoms with van der Waals surface area (Å²) in [7, 11) is 0. The highest BCUT2D eigenvalue weighted by molar-refractivity contribution is 8.14. The van der Waals surface area contributed by atoms with Crippen molar-refractivity contribution in [3.63, 3.8) is 0 Å². The van der Waals surface area contributed by atoms with Crippen LogP contribution in [0.4, 0.5) is 0 Å². The van der Waals surface area contributed by atoms with Crippen molar-refractivity contribution < 1.29 is 13.6 Å². The van der Waals surface area contributed by atoms with E-state index in [1.54, 1.807) is 30.5 Å². The molecule has 2 atom stereocenters. The van der Waals surface area contributed by atoms with Gasteiger partial charge in [0.2, 0.25) is 0 Å². The molecule has 6 heteroatoms.